The SMILES string of the molecule is CC1(C)[C@H](C=C(Cl)Cl)[C@@H]1C(=O)Nc1ccc(I)cc1. The molecule has 1 N–H and O–H groups in total. The Morgan fingerprint density at radius 3 is 2.42 bits per heavy atom. The van der Waals surface area contributed by atoms with E-state index in [9.17, 15) is 4.79 Å². The number of allylic oxidation sites excluding steroid dienone is 1. The zero-order valence-electron chi connectivity index (χ0n) is 10.6. The molecule has 0 spiro atoms. The van der Waals surface area contributed by atoms with Gasteiger partial charge in [-0.05, 0) is 64.3 Å². The molecule has 19 heavy (non-hydrogen) atoms. The summed E-state index contributed by atoms with van der Waals surface area (Å²) >= 11 is 13.6. The topological polar surface area (TPSA) is 29.1 Å². The summed E-state index contributed by atoms with van der Waals surface area (Å²) < 4.78 is 1.36. The van der Waals surface area contributed by atoms with Crippen LogP contribution in [0.25, 0.3) is 0 Å². The molecule has 2 rings (SSSR count). The Morgan fingerprint density at radius 1 is 1.32 bits per heavy atom. The van der Waals surface area contributed by atoms with Crippen molar-refractivity contribution in [2.75, 3.05) is 5.32 Å². The molecule has 1 aliphatic rings. The van der Waals surface area contributed by atoms with Gasteiger partial charge in [0.2, 0.25) is 5.91 Å². The molecule has 0 saturated heterocycles. The maximum Gasteiger partial charge on any atom is 0.228 e. The van der Waals surface area contributed by atoms with Crippen molar-refractivity contribution in [1.82, 2.24) is 0 Å². The van der Waals surface area contributed by atoms with Crippen molar-refractivity contribution in [3.63, 3.8) is 0 Å². The third-order valence-corrected chi connectivity index (χ3v) is 4.58. The first kappa shape index (κ1) is 15.1. The van der Waals surface area contributed by atoms with E-state index in [0.29, 0.717) is 0 Å². The van der Waals surface area contributed by atoms with Crippen LogP contribution in [0.3, 0.4) is 0 Å². The first-order chi connectivity index (χ1) is 8.82. The molecular formula is C14H14Cl2INO. The third kappa shape index (κ3) is 3.44. The molecule has 0 aromatic heterocycles. The van der Waals surface area contributed by atoms with Crippen LogP contribution in [0.4, 0.5) is 5.69 Å². The molecule has 1 aromatic rings. The molecular weight excluding hydrogens is 396 g/mol. The fourth-order valence-electron chi connectivity index (χ4n) is 2.38. The van der Waals surface area contributed by atoms with Gasteiger partial charge < -0.3 is 5.32 Å². The van der Waals surface area contributed by atoms with Gasteiger partial charge in [0.1, 0.15) is 4.49 Å². The Balaban J connectivity index is 2.05. The van der Waals surface area contributed by atoms with Crippen LogP contribution in [0.5, 0.6) is 0 Å². The molecule has 2 nitrogen and oxygen atoms in total. The van der Waals surface area contributed by atoms with Crippen molar-refractivity contribution in [3.8, 4) is 0 Å². The van der Waals surface area contributed by atoms with E-state index in [0.717, 1.165) is 9.26 Å². The molecule has 0 heterocycles. The number of rotatable bonds is 3. The lowest BCUT2D eigenvalue weighted by atomic mass is 10.1. The van der Waals surface area contributed by atoms with Gasteiger partial charge in [-0.3, -0.25) is 4.79 Å². The van der Waals surface area contributed by atoms with E-state index in [-0.39, 0.29) is 27.6 Å². The Labute approximate surface area is 136 Å². The third-order valence-electron chi connectivity index (χ3n) is 3.61. The molecule has 2 atom stereocenters. The highest BCUT2D eigenvalue weighted by Gasteiger charge is 2.60. The van der Waals surface area contributed by atoms with Gasteiger partial charge in [-0.1, -0.05) is 37.0 Å². The fourth-order valence-corrected chi connectivity index (χ4v) is 3.01. The highest BCUT2D eigenvalue weighted by molar-refractivity contribution is 14.1. The van der Waals surface area contributed by atoms with Crippen LogP contribution in [-0.2, 0) is 4.79 Å². The molecule has 1 aromatic carbocycles. The van der Waals surface area contributed by atoms with E-state index in [1.807, 2.05) is 38.1 Å². The molecule has 1 saturated carbocycles. The maximum absolute atomic E-state index is 12.2. The van der Waals surface area contributed by atoms with E-state index in [1.165, 1.54) is 0 Å². The average molecular weight is 410 g/mol. The average Bonchev–Trinajstić information content (AvgIpc) is 2.83. The fraction of sp³-hybridized carbons (Fsp3) is 0.357. The lowest BCUT2D eigenvalue weighted by Crippen LogP contribution is -2.16. The van der Waals surface area contributed by atoms with E-state index in [1.54, 1.807) is 6.08 Å². The van der Waals surface area contributed by atoms with Crippen LogP contribution in [0.2, 0.25) is 0 Å². The number of hydrogen-bond acceptors (Lipinski definition) is 1. The van der Waals surface area contributed by atoms with Gasteiger partial charge in [0, 0.05) is 9.26 Å². The van der Waals surface area contributed by atoms with Gasteiger partial charge in [0.15, 0.2) is 0 Å². The minimum Gasteiger partial charge on any atom is -0.326 e. The van der Waals surface area contributed by atoms with Crippen molar-refractivity contribution in [2.24, 2.45) is 17.3 Å². The predicted octanol–water partition coefficient (Wildman–Crippen LogP) is 4.82. The summed E-state index contributed by atoms with van der Waals surface area (Å²) in [4.78, 5) is 12.2. The second kappa shape index (κ2) is 5.62. The van der Waals surface area contributed by atoms with E-state index in [4.69, 9.17) is 23.2 Å². The predicted molar refractivity (Wildman–Crippen MR) is 88.3 cm³/mol. The van der Waals surface area contributed by atoms with Gasteiger partial charge in [0.05, 0.1) is 5.92 Å². The lowest BCUT2D eigenvalue weighted by Gasteiger charge is -2.06. The number of carbonyl (C=O) groups is 1. The van der Waals surface area contributed by atoms with E-state index < -0.39 is 0 Å². The molecule has 102 valence electrons. The van der Waals surface area contributed by atoms with Crippen LogP contribution in [0, 0.1) is 20.8 Å². The summed E-state index contributed by atoms with van der Waals surface area (Å²) in [6.45, 7) is 4.09. The molecule has 5 heteroatoms. The monoisotopic (exact) mass is 409 g/mol. The second-order valence-corrected chi connectivity index (χ2v) is 7.53. The number of carbonyl (C=O) groups excluding carboxylic acids is 1. The number of benzene rings is 1. The van der Waals surface area contributed by atoms with Gasteiger partial charge in [-0.25, -0.2) is 0 Å². The number of anilines is 1. The molecule has 1 amide bonds. The number of nitrogens with one attached hydrogen (secondary N) is 1. The lowest BCUT2D eigenvalue weighted by molar-refractivity contribution is -0.118. The van der Waals surface area contributed by atoms with Crippen molar-refractivity contribution < 1.29 is 4.79 Å². The molecule has 0 aliphatic heterocycles. The van der Waals surface area contributed by atoms with Gasteiger partial charge in [-0.15, -0.1) is 0 Å². The Bertz CT molecular complexity index is 521. The van der Waals surface area contributed by atoms with Crippen LogP contribution in [-0.4, -0.2) is 5.91 Å². The summed E-state index contributed by atoms with van der Waals surface area (Å²) in [5.74, 6) is 0.0302. The molecule has 1 fully saturated rings. The smallest absolute Gasteiger partial charge is 0.228 e. The van der Waals surface area contributed by atoms with Crippen molar-refractivity contribution in [2.45, 2.75) is 13.8 Å². The normalized spacial score (nSPS) is 23.6. The van der Waals surface area contributed by atoms with Crippen molar-refractivity contribution >= 4 is 57.4 Å². The van der Waals surface area contributed by atoms with Crippen molar-refractivity contribution in [1.29, 1.82) is 0 Å². The number of hydrogen-bond donors (Lipinski definition) is 1. The summed E-state index contributed by atoms with van der Waals surface area (Å²) in [5, 5.41) is 2.93. The van der Waals surface area contributed by atoms with Gasteiger partial charge in [-0.2, -0.15) is 0 Å². The standard InChI is InChI=1S/C14H14Cl2INO/c1-14(2)10(7-11(15)16)12(14)13(19)18-9-5-3-8(17)4-6-9/h3-7,10,12H,1-2H3,(H,18,19)/t10-,12-/m1/s1. The Morgan fingerprint density at radius 2 is 1.89 bits per heavy atom. The molecule has 0 unspecified atom stereocenters. The summed E-state index contributed by atoms with van der Waals surface area (Å²) in [5.41, 5.74) is 0.718. The van der Waals surface area contributed by atoms with Gasteiger partial charge >= 0.3 is 0 Å². The molecule has 1 aliphatic carbocycles. The van der Waals surface area contributed by atoms with E-state index in [2.05, 4.69) is 27.9 Å². The summed E-state index contributed by atoms with van der Waals surface area (Å²) in [6.07, 6.45) is 1.75. The van der Waals surface area contributed by atoms with Crippen molar-refractivity contribution in [3.05, 3.63) is 38.4 Å². The Hall–Kier alpha value is -0.260. The minimum absolute atomic E-state index is 0.0158. The summed E-state index contributed by atoms with van der Waals surface area (Å²) in [6, 6.07) is 7.71. The highest BCUT2D eigenvalue weighted by atomic mass is 127. The number of amides is 1. The van der Waals surface area contributed by atoms with Crippen LogP contribution in [0.15, 0.2) is 34.8 Å². The minimum atomic E-state index is -0.0949. The molecule has 0 bridgehead atoms. The largest absolute Gasteiger partial charge is 0.326 e. The van der Waals surface area contributed by atoms with Crippen LogP contribution >= 0.6 is 45.8 Å². The quantitative estimate of drug-likeness (QED) is 0.712. The summed E-state index contributed by atoms with van der Waals surface area (Å²) in [7, 11) is 0. The zero-order valence-corrected chi connectivity index (χ0v) is 14.3. The Kier molecular flexibility index (Phi) is 4.48. The second-order valence-electron chi connectivity index (χ2n) is 5.28. The number of halogens is 3. The highest BCUT2D eigenvalue weighted by Crippen LogP contribution is 2.59. The van der Waals surface area contributed by atoms with Crippen LogP contribution < -0.4 is 5.32 Å². The maximum atomic E-state index is 12.2. The first-order valence-electron chi connectivity index (χ1n) is 5.91. The zero-order chi connectivity index (χ0) is 14.2. The van der Waals surface area contributed by atoms with Crippen LogP contribution in [0.1, 0.15) is 13.8 Å². The van der Waals surface area contributed by atoms with Gasteiger partial charge in [0.25, 0.3) is 0 Å². The molecule has 0 radical (unpaired) electrons. The van der Waals surface area contributed by atoms with E-state index >= 15 is 0 Å². The first-order valence-corrected chi connectivity index (χ1v) is 7.75.